The Morgan fingerprint density at radius 1 is 0.875 bits per heavy atom. The summed E-state index contributed by atoms with van der Waals surface area (Å²) in [5.74, 6) is 0.175. The standard InChI is InChI=1S/C25H31ClO6/c1-7-24(5,16-25(6,26)21(28)30-19-14-10-18(27)11-15-19)17-8-12-20(13-9-17)31-22(29)32-23(2,3)4/h8-15,27H,7,16H2,1-6H3. The molecule has 0 heterocycles. The van der Waals surface area contributed by atoms with Crippen molar-refractivity contribution in [1.29, 1.82) is 0 Å². The topological polar surface area (TPSA) is 82.1 Å². The molecule has 0 aliphatic rings. The number of carbonyl (C=O) groups is 2. The van der Waals surface area contributed by atoms with Crippen molar-refractivity contribution >= 4 is 23.7 Å². The molecule has 0 aliphatic carbocycles. The molecule has 0 fully saturated rings. The molecule has 6 nitrogen and oxygen atoms in total. The predicted octanol–water partition coefficient (Wildman–Crippen LogP) is 6.37. The summed E-state index contributed by atoms with van der Waals surface area (Å²) in [6.45, 7) is 11.0. The molecule has 2 aromatic rings. The van der Waals surface area contributed by atoms with E-state index in [1.54, 1.807) is 39.8 Å². The van der Waals surface area contributed by atoms with E-state index in [9.17, 15) is 14.7 Å². The van der Waals surface area contributed by atoms with E-state index < -0.39 is 28.0 Å². The first-order valence-electron chi connectivity index (χ1n) is 10.5. The third-order valence-corrected chi connectivity index (χ3v) is 5.41. The van der Waals surface area contributed by atoms with E-state index in [1.807, 2.05) is 26.0 Å². The number of rotatable bonds is 7. The van der Waals surface area contributed by atoms with E-state index >= 15 is 0 Å². The number of benzene rings is 2. The van der Waals surface area contributed by atoms with Crippen molar-refractivity contribution in [2.75, 3.05) is 0 Å². The SMILES string of the molecule is CCC(C)(CC(C)(Cl)C(=O)Oc1ccc(O)cc1)c1ccc(OC(=O)OC(C)(C)C)cc1. The fourth-order valence-corrected chi connectivity index (χ4v) is 3.59. The van der Waals surface area contributed by atoms with Crippen LogP contribution in [0, 0.1) is 0 Å². The highest BCUT2D eigenvalue weighted by atomic mass is 35.5. The van der Waals surface area contributed by atoms with Crippen LogP contribution in [0.4, 0.5) is 4.79 Å². The van der Waals surface area contributed by atoms with Crippen molar-refractivity contribution in [1.82, 2.24) is 0 Å². The zero-order chi connectivity index (χ0) is 24.2. The molecule has 2 aromatic carbocycles. The second kappa shape index (κ2) is 9.82. The van der Waals surface area contributed by atoms with Gasteiger partial charge in [-0.3, -0.25) is 0 Å². The van der Waals surface area contributed by atoms with Gasteiger partial charge in [0, 0.05) is 0 Å². The van der Waals surface area contributed by atoms with Crippen LogP contribution in [-0.4, -0.2) is 27.7 Å². The number of esters is 1. The molecule has 0 aromatic heterocycles. The van der Waals surface area contributed by atoms with Crippen LogP contribution < -0.4 is 9.47 Å². The van der Waals surface area contributed by atoms with Gasteiger partial charge in [-0.2, -0.15) is 0 Å². The molecule has 2 rings (SSSR count). The van der Waals surface area contributed by atoms with Crippen molar-refractivity contribution in [3.05, 3.63) is 54.1 Å². The summed E-state index contributed by atoms with van der Waals surface area (Å²) in [4.78, 5) is 23.3. The van der Waals surface area contributed by atoms with Gasteiger partial charge in [0.1, 0.15) is 27.7 Å². The molecule has 0 spiro atoms. The van der Waals surface area contributed by atoms with Crippen LogP contribution in [-0.2, 0) is 14.9 Å². The number of hydrogen-bond acceptors (Lipinski definition) is 6. The zero-order valence-electron chi connectivity index (χ0n) is 19.4. The number of ether oxygens (including phenoxy) is 3. The van der Waals surface area contributed by atoms with Gasteiger partial charge in [0.05, 0.1) is 0 Å². The number of phenolic OH excluding ortho intramolecular Hbond substituents is 1. The first-order chi connectivity index (χ1) is 14.7. The Balaban J connectivity index is 2.11. The quantitative estimate of drug-likeness (QED) is 0.223. The molecule has 174 valence electrons. The van der Waals surface area contributed by atoms with E-state index in [0.29, 0.717) is 24.3 Å². The Morgan fingerprint density at radius 3 is 1.88 bits per heavy atom. The lowest BCUT2D eigenvalue weighted by Crippen LogP contribution is -2.40. The molecule has 0 saturated heterocycles. The fourth-order valence-electron chi connectivity index (χ4n) is 3.26. The Labute approximate surface area is 194 Å². The van der Waals surface area contributed by atoms with E-state index in [1.165, 1.54) is 24.3 Å². The molecule has 1 N–H and O–H groups in total. The largest absolute Gasteiger partial charge is 0.514 e. The van der Waals surface area contributed by atoms with E-state index in [0.717, 1.165) is 5.56 Å². The van der Waals surface area contributed by atoms with E-state index in [-0.39, 0.29) is 5.75 Å². The van der Waals surface area contributed by atoms with Gasteiger partial charge in [0.15, 0.2) is 0 Å². The monoisotopic (exact) mass is 462 g/mol. The van der Waals surface area contributed by atoms with Crippen LogP contribution >= 0.6 is 11.6 Å². The molecule has 0 aliphatic heterocycles. The number of alkyl halides is 1. The number of phenols is 1. The molecule has 0 saturated carbocycles. The lowest BCUT2D eigenvalue weighted by Gasteiger charge is -2.35. The van der Waals surface area contributed by atoms with Gasteiger partial charge in [-0.15, -0.1) is 11.6 Å². The van der Waals surface area contributed by atoms with E-state index in [2.05, 4.69) is 0 Å². The molecule has 0 amide bonds. The number of hydrogen-bond donors (Lipinski definition) is 1. The van der Waals surface area contributed by atoms with Crippen molar-refractivity contribution < 1.29 is 28.9 Å². The van der Waals surface area contributed by atoms with Crippen LogP contribution in [0.3, 0.4) is 0 Å². The minimum atomic E-state index is -1.28. The summed E-state index contributed by atoms with van der Waals surface area (Å²) in [7, 11) is 0. The van der Waals surface area contributed by atoms with Crippen molar-refractivity contribution in [3.8, 4) is 17.2 Å². The minimum Gasteiger partial charge on any atom is -0.508 e. The van der Waals surface area contributed by atoms with Crippen LogP contribution in [0.15, 0.2) is 48.5 Å². The Kier molecular flexibility index (Phi) is 7.83. The van der Waals surface area contributed by atoms with Gasteiger partial charge < -0.3 is 19.3 Å². The maximum absolute atomic E-state index is 12.7. The Hall–Kier alpha value is -2.73. The first kappa shape index (κ1) is 25.5. The summed E-state index contributed by atoms with van der Waals surface area (Å²) >= 11 is 6.63. The minimum absolute atomic E-state index is 0.0797. The number of halogens is 1. The number of carbonyl (C=O) groups excluding carboxylic acids is 2. The fraction of sp³-hybridized carbons (Fsp3) is 0.440. The summed E-state index contributed by atoms with van der Waals surface area (Å²) < 4.78 is 15.8. The molecular weight excluding hydrogens is 432 g/mol. The average Bonchev–Trinajstić information content (AvgIpc) is 2.68. The molecule has 2 unspecified atom stereocenters. The highest BCUT2D eigenvalue weighted by molar-refractivity contribution is 6.34. The van der Waals surface area contributed by atoms with Gasteiger partial charge >= 0.3 is 12.1 Å². The maximum atomic E-state index is 12.7. The summed E-state index contributed by atoms with van der Waals surface area (Å²) in [6.07, 6.45) is 0.267. The molecular formula is C25H31ClO6. The predicted molar refractivity (Wildman–Crippen MR) is 124 cm³/mol. The highest BCUT2D eigenvalue weighted by Gasteiger charge is 2.41. The first-order valence-corrected chi connectivity index (χ1v) is 10.8. The third-order valence-electron chi connectivity index (χ3n) is 5.12. The third kappa shape index (κ3) is 7.16. The average molecular weight is 463 g/mol. The smallest absolute Gasteiger partial charge is 0.508 e. The highest BCUT2D eigenvalue weighted by Crippen LogP contribution is 2.40. The number of aromatic hydroxyl groups is 1. The van der Waals surface area contributed by atoms with Crippen LogP contribution in [0.25, 0.3) is 0 Å². The van der Waals surface area contributed by atoms with Gasteiger partial charge in [-0.1, -0.05) is 26.0 Å². The van der Waals surface area contributed by atoms with Crippen molar-refractivity contribution in [2.45, 2.75) is 70.3 Å². The van der Waals surface area contributed by atoms with Crippen LogP contribution in [0.5, 0.6) is 17.2 Å². The zero-order valence-corrected chi connectivity index (χ0v) is 20.2. The molecule has 32 heavy (non-hydrogen) atoms. The Bertz CT molecular complexity index is 928. The molecule has 7 heteroatoms. The lowest BCUT2D eigenvalue weighted by atomic mass is 9.73. The van der Waals surface area contributed by atoms with Crippen LogP contribution in [0.2, 0.25) is 0 Å². The molecule has 0 bridgehead atoms. The van der Waals surface area contributed by atoms with Crippen molar-refractivity contribution in [3.63, 3.8) is 0 Å². The van der Waals surface area contributed by atoms with Gasteiger partial charge in [0.25, 0.3) is 0 Å². The van der Waals surface area contributed by atoms with Crippen LogP contribution in [0.1, 0.15) is 59.9 Å². The van der Waals surface area contributed by atoms with Gasteiger partial charge in [0.2, 0.25) is 0 Å². The van der Waals surface area contributed by atoms with E-state index in [4.69, 9.17) is 25.8 Å². The Morgan fingerprint density at radius 2 is 1.38 bits per heavy atom. The second-order valence-corrected chi connectivity index (χ2v) is 10.1. The molecule has 0 radical (unpaired) electrons. The summed E-state index contributed by atoms with van der Waals surface area (Å²) in [5, 5.41) is 9.38. The second-order valence-electron chi connectivity index (χ2n) is 9.26. The molecule has 2 atom stereocenters. The van der Waals surface area contributed by atoms with Gasteiger partial charge in [-0.05, 0) is 87.9 Å². The van der Waals surface area contributed by atoms with Gasteiger partial charge in [-0.25, -0.2) is 9.59 Å². The summed E-state index contributed by atoms with van der Waals surface area (Å²) in [5.41, 5.74) is -0.132. The normalized spacial score (nSPS) is 15.2. The lowest BCUT2D eigenvalue weighted by molar-refractivity contribution is -0.137. The summed E-state index contributed by atoms with van der Waals surface area (Å²) in [6, 6.07) is 13.0. The van der Waals surface area contributed by atoms with Crippen molar-refractivity contribution in [2.24, 2.45) is 0 Å². The maximum Gasteiger partial charge on any atom is 0.514 e.